The number of carbonyl (C=O) groups excluding carboxylic acids is 1. The quantitative estimate of drug-likeness (QED) is 0.813. The molecule has 3 nitrogen and oxygen atoms in total. The summed E-state index contributed by atoms with van der Waals surface area (Å²) in [5.41, 5.74) is -0.163. The van der Waals surface area contributed by atoms with Crippen LogP contribution < -0.4 is 10.1 Å². The van der Waals surface area contributed by atoms with Crippen molar-refractivity contribution in [2.75, 3.05) is 5.32 Å². The maximum atomic E-state index is 12.1. The van der Waals surface area contributed by atoms with E-state index in [0.29, 0.717) is 22.9 Å². The molecule has 0 aliphatic heterocycles. The van der Waals surface area contributed by atoms with Crippen molar-refractivity contribution in [3.63, 3.8) is 0 Å². The van der Waals surface area contributed by atoms with E-state index in [9.17, 15) is 4.79 Å². The molecule has 1 saturated carbocycles. The molecular formula is C14H16Cl3NO2. The van der Waals surface area contributed by atoms with Gasteiger partial charge in [0.15, 0.2) is 0 Å². The highest BCUT2D eigenvalue weighted by atomic mass is 35.5. The average Bonchev–Trinajstić information content (AvgIpc) is 2.83. The molecule has 0 heterocycles. The Morgan fingerprint density at radius 3 is 2.45 bits per heavy atom. The van der Waals surface area contributed by atoms with E-state index in [1.165, 1.54) is 0 Å². The van der Waals surface area contributed by atoms with Crippen molar-refractivity contribution in [2.24, 2.45) is 5.41 Å². The number of carbonyl (C=O) groups is 1. The first kappa shape index (κ1) is 15.7. The molecule has 1 aromatic rings. The molecule has 1 aliphatic carbocycles. The molecule has 0 bridgehead atoms. The second kappa shape index (κ2) is 5.28. The molecular weight excluding hydrogens is 321 g/mol. The Bertz CT molecular complexity index is 545. The fourth-order valence-corrected chi connectivity index (χ4v) is 2.77. The third-order valence-electron chi connectivity index (χ3n) is 3.31. The predicted octanol–water partition coefficient (Wildman–Crippen LogP) is 4.65. The van der Waals surface area contributed by atoms with Crippen LogP contribution in [0.1, 0.15) is 27.2 Å². The van der Waals surface area contributed by atoms with Crippen LogP contribution in [-0.4, -0.2) is 16.3 Å². The summed E-state index contributed by atoms with van der Waals surface area (Å²) in [5, 5.41) is 3.22. The van der Waals surface area contributed by atoms with Crippen molar-refractivity contribution >= 4 is 46.4 Å². The highest BCUT2D eigenvalue weighted by Gasteiger charge is 2.67. The summed E-state index contributed by atoms with van der Waals surface area (Å²) in [7, 11) is 0. The molecule has 1 aromatic carbocycles. The molecule has 1 atom stereocenters. The number of halogens is 3. The Morgan fingerprint density at radius 1 is 1.40 bits per heavy atom. The Balaban J connectivity index is 2.08. The minimum absolute atomic E-state index is 0.0337. The third-order valence-corrected chi connectivity index (χ3v) is 4.71. The molecule has 1 fully saturated rings. The number of benzene rings is 1. The van der Waals surface area contributed by atoms with Crippen LogP contribution in [0.5, 0.6) is 5.75 Å². The fraction of sp³-hybridized carbons (Fsp3) is 0.500. The van der Waals surface area contributed by atoms with Gasteiger partial charge in [0, 0.05) is 5.69 Å². The van der Waals surface area contributed by atoms with E-state index in [4.69, 9.17) is 39.5 Å². The van der Waals surface area contributed by atoms with Crippen LogP contribution in [0.2, 0.25) is 5.02 Å². The Labute approximate surface area is 133 Å². The number of alkyl halides is 2. The van der Waals surface area contributed by atoms with Gasteiger partial charge in [-0.15, -0.1) is 23.2 Å². The van der Waals surface area contributed by atoms with E-state index < -0.39 is 9.75 Å². The molecule has 1 aliphatic rings. The highest BCUT2D eigenvalue weighted by Crippen LogP contribution is 2.64. The zero-order chi connectivity index (χ0) is 15.1. The molecule has 6 heteroatoms. The smallest absolute Gasteiger partial charge is 0.233 e. The molecule has 1 unspecified atom stereocenters. The number of anilines is 1. The Morgan fingerprint density at radius 2 is 2.00 bits per heavy atom. The zero-order valence-electron chi connectivity index (χ0n) is 11.5. The summed E-state index contributed by atoms with van der Waals surface area (Å²) in [6.07, 6.45) is 0.475. The molecule has 0 saturated heterocycles. The van der Waals surface area contributed by atoms with Crippen LogP contribution in [0, 0.1) is 5.41 Å². The third kappa shape index (κ3) is 3.00. The monoisotopic (exact) mass is 335 g/mol. The normalized spacial score (nSPS) is 23.6. The van der Waals surface area contributed by atoms with Gasteiger partial charge in [-0.1, -0.05) is 11.6 Å². The lowest BCUT2D eigenvalue weighted by molar-refractivity contribution is -0.120. The largest absolute Gasteiger partial charge is 0.489 e. The molecule has 20 heavy (non-hydrogen) atoms. The van der Waals surface area contributed by atoms with Gasteiger partial charge in [-0.05, 0) is 45.4 Å². The van der Waals surface area contributed by atoms with Gasteiger partial charge in [0.25, 0.3) is 0 Å². The van der Waals surface area contributed by atoms with Gasteiger partial charge < -0.3 is 10.1 Å². The molecule has 1 amide bonds. The van der Waals surface area contributed by atoms with Crippen LogP contribution >= 0.6 is 34.8 Å². The van der Waals surface area contributed by atoms with Gasteiger partial charge in [-0.25, -0.2) is 0 Å². The Kier molecular flexibility index (Phi) is 4.16. The summed E-state index contributed by atoms with van der Waals surface area (Å²) in [6.45, 7) is 5.57. The standard InChI is InChI=1S/C14H16Cl3NO2/c1-8(2)20-11-5-4-9(6-10(11)15)18-12(19)13(3)7-14(13,16)17/h4-6,8H,7H2,1-3H3,(H,18,19). The van der Waals surface area contributed by atoms with Gasteiger partial charge in [0.2, 0.25) is 5.91 Å². The SMILES string of the molecule is CC(C)Oc1ccc(NC(=O)C2(C)CC2(Cl)Cl)cc1Cl. The summed E-state index contributed by atoms with van der Waals surface area (Å²) in [5.74, 6) is 0.373. The molecule has 0 radical (unpaired) electrons. The van der Waals surface area contributed by atoms with Crippen molar-refractivity contribution in [2.45, 2.75) is 37.6 Å². The van der Waals surface area contributed by atoms with E-state index in [1.54, 1.807) is 25.1 Å². The van der Waals surface area contributed by atoms with E-state index >= 15 is 0 Å². The number of amides is 1. The maximum Gasteiger partial charge on any atom is 0.233 e. The summed E-state index contributed by atoms with van der Waals surface area (Å²) >= 11 is 18.1. The van der Waals surface area contributed by atoms with Gasteiger partial charge >= 0.3 is 0 Å². The first-order chi connectivity index (χ1) is 9.15. The predicted molar refractivity (Wildman–Crippen MR) is 83.0 cm³/mol. The van der Waals surface area contributed by atoms with Crippen molar-refractivity contribution in [1.82, 2.24) is 0 Å². The first-order valence-corrected chi connectivity index (χ1v) is 7.44. The lowest BCUT2D eigenvalue weighted by atomic mass is 10.1. The summed E-state index contributed by atoms with van der Waals surface area (Å²) in [4.78, 5) is 12.1. The van der Waals surface area contributed by atoms with E-state index in [0.717, 1.165) is 0 Å². The molecule has 110 valence electrons. The van der Waals surface area contributed by atoms with Crippen molar-refractivity contribution in [3.05, 3.63) is 23.2 Å². The van der Waals surface area contributed by atoms with Gasteiger partial charge in [-0.3, -0.25) is 4.79 Å². The van der Waals surface area contributed by atoms with Crippen LogP contribution in [0.4, 0.5) is 5.69 Å². The highest BCUT2D eigenvalue weighted by molar-refractivity contribution is 6.53. The number of nitrogens with one attached hydrogen (secondary N) is 1. The molecule has 2 rings (SSSR count). The van der Waals surface area contributed by atoms with Crippen LogP contribution in [0.25, 0.3) is 0 Å². The van der Waals surface area contributed by atoms with Crippen molar-refractivity contribution in [3.8, 4) is 5.75 Å². The minimum Gasteiger partial charge on any atom is -0.489 e. The van der Waals surface area contributed by atoms with Gasteiger partial charge in [-0.2, -0.15) is 0 Å². The van der Waals surface area contributed by atoms with Gasteiger partial charge in [0.1, 0.15) is 10.1 Å². The second-order valence-electron chi connectivity index (χ2n) is 5.48. The van der Waals surface area contributed by atoms with Crippen LogP contribution in [0.3, 0.4) is 0 Å². The summed E-state index contributed by atoms with van der Waals surface area (Å²) in [6, 6.07) is 5.10. The van der Waals surface area contributed by atoms with Crippen LogP contribution in [-0.2, 0) is 4.79 Å². The fourth-order valence-electron chi connectivity index (χ4n) is 1.84. The number of hydrogen-bond acceptors (Lipinski definition) is 2. The van der Waals surface area contributed by atoms with Crippen molar-refractivity contribution in [1.29, 1.82) is 0 Å². The molecule has 1 N–H and O–H groups in total. The van der Waals surface area contributed by atoms with Crippen LogP contribution in [0.15, 0.2) is 18.2 Å². The molecule has 0 spiro atoms. The van der Waals surface area contributed by atoms with E-state index in [-0.39, 0.29) is 12.0 Å². The zero-order valence-corrected chi connectivity index (χ0v) is 13.7. The molecule has 0 aromatic heterocycles. The minimum atomic E-state index is -0.985. The first-order valence-electron chi connectivity index (χ1n) is 6.31. The van der Waals surface area contributed by atoms with Crippen molar-refractivity contribution < 1.29 is 9.53 Å². The lowest BCUT2D eigenvalue weighted by Gasteiger charge is -2.15. The van der Waals surface area contributed by atoms with E-state index in [2.05, 4.69) is 5.32 Å². The van der Waals surface area contributed by atoms with E-state index in [1.807, 2.05) is 13.8 Å². The number of ether oxygens (including phenoxy) is 1. The van der Waals surface area contributed by atoms with Gasteiger partial charge in [0.05, 0.1) is 16.5 Å². The average molecular weight is 337 g/mol. The second-order valence-corrected chi connectivity index (χ2v) is 7.37. The lowest BCUT2D eigenvalue weighted by Crippen LogP contribution is -2.25. The Hall–Kier alpha value is -0.640. The topological polar surface area (TPSA) is 38.3 Å². The number of rotatable bonds is 4. The maximum absolute atomic E-state index is 12.1. The number of hydrogen-bond donors (Lipinski definition) is 1. The summed E-state index contributed by atoms with van der Waals surface area (Å²) < 4.78 is 4.55.